The van der Waals surface area contributed by atoms with Gasteiger partial charge in [0.05, 0.1) is 4.47 Å². The molecule has 0 aliphatic carbocycles. The second kappa shape index (κ2) is 6.74. The Labute approximate surface area is 136 Å². The zero-order valence-electron chi connectivity index (χ0n) is 11.7. The van der Waals surface area contributed by atoms with Crippen molar-refractivity contribution >= 4 is 31.9 Å². The Morgan fingerprint density at radius 1 is 1.05 bits per heavy atom. The lowest BCUT2D eigenvalue weighted by molar-refractivity contribution is 0.475. The Morgan fingerprint density at radius 3 is 2.45 bits per heavy atom. The molecule has 0 saturated carbocycles. The van der Waals surface area contributed by atoms with Crippen LogP contribution >= 0.6 is 31.9 Å². The summed E-state index contributed by atoms with van der Waals surface area (Å²) in [5.41, 5.74) is 2.32. The van der Waals surface area contributed by atoms with Gasteiger partial charge in [0.25, 0.3) is 0 Å². The summed E-state index contributed by atoms with van der Waals surface area (Å²) in [5, 5.41) is 3.23. The average molecular weight is 399 g/mol. The van der Waals surface area contributed by atoms with Gasteiger partial charge in [-0.2, -0.15) is 0 Å². The Balaban J connectivity index is 2.28. The maximum Gasteiger partial charge on any atom is 0.141 e. The highest BCUT2D eigenvalue weighted by molar-refractivity contribution is 9.10. The van der Waals surface area contributed by atoms with Gasteiger partial charge in [0.2, 0.25) is 0 Å². The smallest absolute Gasteiger partial charge is 0.141 e. The first-order valence-corrected chi connectivity index (χ1v) is 8.00. The van der Waals surface area contributed by atoms with Gasteiger partial charge in [-0.1, -0.05) is 28.1 Å². The number of ether oxygens (including phenoxy) is 1. The van der Waals surface area contributed by atoms with Gasteiger partial charge in [-0.05, 0) is 72.2 Å². The van der Waals surface area contributed by atoms with Crippen LogP contribution in [0.15, 0.2) is 45.3 Å². The van der Waals surface area contributed by atoms with Crippen LogP contribution in [0.2, 0.25) is 0 Å². The van der Waals surface area contributed by atoms with E-state index in [-0.39, 0.29) is 0 Å². The third kappa shape index (κ3) is 3.62. The lowest BCUT2D eigenvalue weighted by Crippen LogP contribution is -2.12. The number of nitrogens with one attached hydrogen (secondary N) is 1. The van der Waals surface area contributed by atoms with Gasteiger partial charge in [0.1, 0.15) is 11.5 Å². The molecule has 1 atom stereocenters. The van der Waals surface area contributed by atoms with Crippen molar-refractivity contribution in [3.63, 3.8) is 0 Å². The van der Waals surface area contributed by atoms with Crippen LogP contribution in [-0.4, -0.2) is 7.05 Å². The van der Waals surface area contributed by atoms with Gasteiger partial charge < -0.3 is 10.1 Å². The molecule has 106 valence electrons. The molecule has 0 amide bonds. The van der Waals surface area contributed by atoms with Crippen molar-refractivity contribution in [2.75, 3.05) is 7.05 Å². The first-order valence-electron chi connectivity index (χ1n) is 6.42. The molecule has 0 spiro atoms. The van der Waals surface area contributed by atoms with E-state index in [1.165, 1.54) is 5.56 Å². The molecule has 0 fully saturated rings. The minimum atomic E-state index is 0.313. The van der Waals surface area contributed by atoms with Crippen LogP contribution in [0.25, 0.3) is 0 Å². The second-order valence-corrected chi connectivity index (χ2v) is 6.48. The largest absolute Gasteiger partial charge is 0.456 e. The van der Waals surface area contributed by atoms with E-state index in [2.05, 4.69) is 56.2 Å². The monoisotopic (exact) mass is 397 g/mol. The highest BCUT2D eigenvalue weighted by Gasteiger charge is 2.09. The predicted molar refractivity (Wildman–Crippen MR) is 90.6 cm³/mol. The van der Waals surface area contributed by atoms with Gasteiger partial charge in [-0.15, -0.1) is 0 Å². The van der Waals surface area contributed by atoms with Gasteiger partial charge >= 0.3 is 0 Å². The molecule has 2 nitrogen and oxygen atoms in total. The fraction of sp³-hybridized carbons (Fsp3) is 0.250. The fourth-order valence-electron chi connectivity index (χ4n) is 1.84. The minimum absolute atomic E-state index is 0.313. The maximum absolute atomic E-state index is 5.99. The number of benzene rings is 2. The lowest BCUT2D eigenvalue weighted by atomic mass is 10.1. The molecule has 0 aliphatic rings. The van der Waals surface area contributed by atoms with E-state index in [0.717, 1.165) is 26.0 Å². The molecule has 1 N–H and O–H groups in total. The molecule has 0 saturated heterocycles. The van der Waals surface area contributed by atoms with Gasteiger partial charge in [0, 0.05) is 10.5 Å². The zero-order chi connectivity index (χ0) is 14.7. The number of rotatable bonds is 4. The van der Waals surface area contributed by atoms with Crippen LogP contribution in [0.1, 0.15) is 24.1 Å². The van der Waals surface area contributed by atoms with Crippen molar-refractivity contribution in [3.8, 4) is 11.5 Å². The molecule has 0 bridgehead atoms. The van der Waals surface area contributed by atoms with Gasteiger partial charge in [-0.25, -0.2) is 0 Å². The van der Waals surface area contributed by atoms with Crippen LogP contribution in [0.4, 0.5) is 0 Å². The lowest BCUT2D eigenvalue weighted by Gasteiger charge is -2.14. The van der Waals surface area contributed by atoms with Gasteiger partial charge in [-0.3, -0.25) is 0 Å². The van der Waals surface area contributed by atoms with Crippen molar-refractivity contribution in [2.24, 2.45) is 0 Å². The molecule has 2 rings (SSSR count). The summed E-state index contributed by atoms with van der Waals surface area (Å²) in [6.45, 7) is 4.16. The van der Waals surface area contributed by atoms with E-state index in [9.17, 15) is 0 Å². The minimum Gasteiger partial charge on any atom is -0.456 e. The van der Waals surface area contributed by atoms with Crippen LogP contribution in [0.5, 0.6) is 11.5 Å². The molecule has 20 heavy (non-hydrogen) atoms. The normalized spacial score (nSPS) is 12.2. The summed E-state index contributed by atoms with van der Waals surface area (Å²) in [7, 11) is 1.95. The van der Waals surface area contributed by atoms with E-state index < -0.39 is 0 Å². The van der Waals surface area contributed by atoms with Crippen molar-refractivity contribution in [1.29, 1.82) is 0 Å². The number of aryl methyl sites for hydroxylation is 1. The van der Waals surface area contributed by atoms with Crippen molar-refractivity contribution < 1.29 is 4.74 Å². The molecule has 2 aromatic carbocycles. The molecule has 2 aromatic rings. The maximum atomic E-state index is 5.99. The van der Waals surface area contributed by atoms with Gasteiger partial charge in [0.15, 0.2) is 0 Å². The molecule has 0 radical (unpaired) electrons. The number of hydrogen-bond acceptors (Lipinski definition) is 2. The van der Waals surface area contributed by atoms with E-state index in [4.69, 9.17) is 4.74 Å². The summed E-state index contributed by atoms with van der Waals surface area (Å²) in [6.07, 6.45) is 0. The molecular weight excluding hydrogens is 382 g/mol. The summed E-state index contributed by atoms with van der Waals surface area (Å²) in [5.74, 6) is 1.67. The van der Waals surface area contributed by atoms with E-state index >= 15 is 0 Å². The molecule has 0 aromatic heterocycles. The molecule has 4 heteroatoms. The van der Waals surface area contributed by atoms with E-state index in [1.54, 1.807) is 0 Å². The first-order chi connectivity index (χ1) is 9.51. The summed E-state index contributed by atoms with van der Waals surface area (Å²) in [6, 6.07) is 12.5. The molecule has 0 aliphatic heterocycles. The Hall–Kier alpha value is -0.840. The highest BCUT2D eigenvalue weighted by Crippen LogP contribution is 2.34. The van der Waals surface area contributed by atoms with Crippen LogP contribution in [0.3, 0.4) is 0 Å². The first kappa shape index (κ1) is 15.5. The van der Waals surface area contributed by atoms with E-state index in [1.807, 2.05) is 38.2 Å². The molecule has 0 heterocycles. The Bertz CT molecular complexity index is 613. The summed E-state index contributed by atoms with van der Waals surface area (Å²) < 4.78 is 7.96. The van der Waals surface area contributed by atoms with Crippen molar-refractivity contribution in [3.05, 3.63) is 56.5 Å². The highest BCUT2D eigenvalue weighted by atomic mass is 79.9. The van der Waals surface area contributed by atoms with E-state index in [0.29, 0.717) is 6.04 Å². The van der Waals surface area contributed by atoms with Crippen molar-refractivity contribution in [2.45, 2.75) is 19.9 Å². The average Bonchev–Trinajstić information content (AvgIpc) is 2.44. The predicted octanol–water partition coefficient (Wildman–Crippen LogP) is 5.59. The third-order valence-electron chi connectivity index (χ3n) is 3.26. The van der Waals surface area contributed by atoms with Crippen LogP contribution in [0, 0.1) is 6.92 Å². The third-order valence-corrected chi connectivity index (χ3v) is 4.37. The fourth-order valence-corrected chi connectivity index (χ4v) is 2.66. The van der Waals surface area contributed by atoms with Crippen molar-refractivity contribution in [1.82, 2.24) is 5.32 Å². The number of halogens is 2. The van der Waals surface area contributed by atoms with Crippen LogP contribution < -0.4 is 10.1 Å². The quantitative estimate of drug-likeness (QED) is 0.724. The topological polar surface area (TPSA) is 21.3 Å². The SMILES string of the molecule is CNC(C)c1ccc(Oc2cc(Br)ccc2C)c(Br)c1. The summed E-state index contributed by atoms with van der Waals surface area (Å²) >= 11 is 7.05. The van der Waals surface area contributed by atoms with Crippen LogP contribution in [-0.2, 0) is 0 Å². The Kier molecular flexibility index (Phi) is 5.24. The standard InChI is InChI=1S/C16H17Br2NO/c1-10-4-6-13(17)9-16(10)20-15-7-5-12(8-14(15)18)11(2)19-3/h4-9,11,19H,1-3H3. The molecular formula is C16H17Br2NO. The number of hydrogen-bond donors (Lipinski definition) is 1. The summed E-state index contributed by atoms with van der Waals surface area (Å²) in [4.78, 5) is 0. The zero-order valence-corrected chi connectivity index (χ0v) is 14.9. The Morgan fingerprint density at radius 2 is 1.80 bits per heavy atom. The second-order valence-electron chi connectivity index (χ2n) is 4.71. The molecule has 1 unspecified atom stereocenters.